The summed E-state index contributed by atoms with van der Waals surface area (Å²) in [5.74, 6) is -0.531. The van der Waals surface area contributed by atoms with Crippen LogP contribution in [0.1, 0.15) is 15.9 Å². The lowest BCUT2D eigenvalue weighted by atomic mass is 10.00. The van der Waals surface area contributed by atoms with Crippen molar-refractivity contribution in [1.29, 1.82) is 0 Å². The van der Waals surface area contributed by atoms with Crippen LogP contribution in [0.15, 0.2) is 60.7 Å². The molecule has 0 saturated heterocycles. The molecule has 0 saturated carbocycles. The van der Waals surface area contributed by atoms with Gasteiger partial charge in [-0.1, -0.05) is 24.3 Å². The van der Waals surface area contributed by atoms with Crippen LogP contribution in [0, 0.1) is 11.6 Å². The van der Waals surface area contributed by atoms with Crippen LogP contribution in [0.2, 0.25) is 0 Å². The van der Waals surface area contributed by atoms with Crippen LogP contribution in [0.5, 0.6) is 11.5 Å². The number of carbonyl (C=O) groups is 1. The van der Waals surface area contributed by atoms with Crippen molar-refractivity contribution in [2.75, 3.05) is 6.61 Å². The van der Waals surface area contributed by atoms with E-state index in [-0.39, 0.29) is 18.0 Å². The van der Waals surface area contributed by atoms with Crippen molar-refractivity contribution >= 4 is 16.9 Å². The number of fused-ring (bicyclic) bond motifs is 2. The van der Waals surface area contributed by atoms with E-state index in [1.54, 1.807) is 24.3 Å². The molecule has 0 spiro atoms. The molecule has 5 rings (SSSR count). The van der Waals surface area contributed by atoms with Gasteiger partial charge in [0.05, 0.1) is 11.6 Å². The standard InChI is InChI=1S/C23H18F2N4O3/c24-14-7-5-13(6-8-14)9-19(22-12-31-20-3-1-2-4-21(20)32-22)26-23(30)15-10-17-18(11-16(15)25)28-29-27-17/h1-8,10-11,19,22H,9,12H2,(H,26,30)(H,27,28,29). The molecule has 4 aromatic rings. The molecule has 2 unspecified atom stereocenters. The average Bonchev–Trinajstić information content (AvgIpc) is 3.26. The highest BCUT2D eigenvalue weighted by molar-refractivity contribution is 5.97. The Morgan fingerprint density at radius 2 is 1.78 bits per heavy atom. The number of benzene rings is 3. The third kappa shape index (κ3) is 3.96. The summed E-state index contributed by atoms with van der Waals surface area (Å²) in [4.78, 5) is 13.0. The van der Waals surface area contributed by atoms with Crippen LogP contribution >= 0.6 is 0 Å². The third-order valence-electron chi connectivity index (χ3n) is 5.31. The van der Waals surface area contributed by atoms with Gasteiger partial charge in [-0.2, -0.15) is 15.4 Å². The molecule has 2 N–H and O–H groups in total. The Bertz CT molecular complexity index is 1280. The Morgan fingerprint density at radius 3 is 2.56 bits per heavy atom. The molecule has 0 radical (unpaired) electrons. The first-order chi connectivity index (χ1) is 15.6. The van der Waals surface area contributed by atoms with Gasteiger partial charge in [-0.25, -0.2) is 8.78 Å². The van der Waals surface area contributed by atoms with E-state index < -0.39 is 23.9 Å². The first-order valence-electron chi connectivity index (χ1n) is 10.0. The minimum atomic E-state index is -0.712. The van der Waals surface area contributed by atoms with Gasteiger partial charge in [0.15, 0.2) is 17.6 Å². The van der Waals surface area contributed by atoms with E-state index in [4.69, 9.17) is 9.47 Å². The quantitative estimate of drug-likeness (QED) is 0.501. The zero-order valence-corrected chi connectivity index (χ0v) is 16.7. The first kappa shape index (κ1) is 19.9. The van der Waals surface area contributed by atoms with Gasteiger partial charge in [-0.05, 0) is 42.3 Å². The van der Waals surface area contributed by atoms with Crippen molar-refractivity contribution in [3.63, 3.8) is 0 Å². The maximum absolute atomic E-state index is 14.6. The molecule has 7 nitrogen and oxygen atoms in total. The Hall–Kier alpha value is -4.01. The SMILES string of the molecule is O=C(NC(Cc1ccc(F)cc1)C1COc2ccccc2O1)c1cc2n[nH]nc2cc1F. The number of hydrogen-bond donors (Lipinski definition) is 2. The van der Waals surface area contributed by atoms with Crippen molar-refractivity contribution in [3.05, 3.63) is 83.4 Å². The Balaban J connectivity index is 1.42. The second-order valence-corrected chi connectivity index (χ2v) is 7.47. The number of amides is 1. The second kappa shape index (κ2) is 8.26. The zero-order valence-electron chi connectivity index (χ0n) is 16.7. The summed E-state index contributed by atoms with van der Waals surface area (Å²) in [6.07, 6.45) is -0.214. The molecule has 1 amide bonds. The zero-order chi connectivity index (χ0) is 22.1. The summed E-state index contributed by atoms with van der Waals surface area (Å²) in [5.41, 5.74) is 1.32. The summed E-state index contributed by atoms with van der Waals surface area (Å²) in [7, 11) is 0. The summed E-state index contributed by atoms with van der Waals surface area (Å²) in [6, 6.07) is 15.1. The molecule has 2 heterocycles. The van der Waals surface area contributed by atoms with Crippen LogP contribution in [-0.2, 0) is 6.42 Å². The average molecular weight is 436 g/mol. The van der Waals surface area contributed by atoms with E-state index in [2.05, 4.69) is 20.7 Å². The molecule has 9 heteroatoms. The van der Waals surface area contributed by atoms with Crippen LogP contribution in [0.25, 0.3) is 11.0 Å². The van der Waals surface area contributed by atoms with Crippen molar-refractivity contribution in [2.24, 2.45) is 0 Å². The van der Waals surface area contributed by atoms with Crippen molar-refractivity contribution in [1.82, 2.24) is 20.7 Å². The third-order valence-corrected chi connectivity index (χ3v) is 5.31. The molecule has 162 valence electrons. The molecule has 0 fully saturated rings. The number of para-hydroxylation sites is 2. The summed E-state index contributed by atoms with van der Waals surface area (Å²) >= 11 is 0. The molecule has 0 aliphatic carbocycles. The fourth-order valence-electron chi connectivity index (χ4n) is 3.67. The van der Waals surface area contributed by atoms with Gasteiger partial charge in [0, 0.05) is 6.07 Å². The first-order valence-corrected chi connectivity index (χ1v) is 10.0. The number of aromatic nitrogens is 3. The lowest BCUT2D eigenvalue weighted by Gasteiger charge is -2.33. The normalized spacial score (nSPS) is 16.0. The Labute approximate surface area is 181 Å². The lowest BCUT2D eigenvalue weighted by molar-refractivity contribution is 0.0564. The summed E-state index contributed by atoms with van der Waals surface area (Å²) < 4.78 is 39.8. The minimum absolute atomic E-state index is 0.160. The van der Waals surface area contributed by atoms with Crippen molar-refractivity contribution < 1.29 is 23.0 Å². The largest absolute Gasteiger partial charge is 0.486 e. The monoisotopic (exact) mass is 436 g/mol. The number of ether oxygens (including phenoxy) is 2. The molecule has 1 aromatic heterocycles. The van der Waals surface area contributed by atoms with Gasteiger partial charge in [0.1, 0.15) is 29.3 Å². The van der Waals surface area contributed by atoms with Crippen LogP contribution in [-0.4, -0.2) is 40.1 Å². The highest BCUT2D eigenvalue weighted by atomic mass is 19.1. The van der Waals surface area contributed by atoms with E-state index in [9.17, 15) is 13.6 Å². The number of carbonyl (C=O) groups excluding carboxylic acids is 1. The highest BCUT2D eigenvalue weighted by Gasteiger charge is 2.31. The second-order valence-electron chi connectivity index (χ2n) is 7.47. The van der Waals surface area contributed by atoms with Crippen LogP contribution in [0.3, 0.4) is 0 Å². The Morgan fingerprint density at radius 1 is 1.06 bits per heavy atom. The van der Waals surface area contributed by atoms with Gasteiger partial charge in [0.25, 0.3) is 5.91 Å². The van der Waals surface area contributed by atoms with Crippen LogP contribution < -0.4 is 14.8 Å². The maximum atomic E-state index is 14.6. The van der Waals surface area contributed by atoms with Gasteiger partial charge >= 0.3 is 0 Å². The number of nitrogens with zero attached hydrogens (tertiary/aromatic N) is 2. The topological polar surface area (TPSA) is 89.1 Å². The predicted octanol–water partition coefficient (Wildman–Crippen LogP) is 3.42. The molecule has 3 aromatic carbocycles. The fraction of sp³-hybridized carbons (Fsp3) is 0.174. The van der Waals surface area contributed by atoms with E-state index in [1.807, 2.05) is 12.1 Å². The molecular weight excluding hydrogens is 418 g/mol. The number of halogens is 2. The van der Waals surface area contributed by atoms with Gasteiger partial charge < -0.3 is 14.8 Å². The number of hydrogen-bond acceptors (Lipinski definition) is 5. The molecule has 1 aliphatic rings. The molecule has 0 bridgehead atoms. The van der Waals surface area contributed by atoms with E-state index >= 15 is 0 Å². The van der Waals surface area contributed by atoms with Crippen molar-refractivity contribution in [3.8, 4) is 11.5 Å². The summed E-state index contributed by atoms with van der Waals surface area (Å²) in [6.45, 7) is 0.188. The number of H-pyrrole nitrogens is 1. The van der Waals surface area contributed by atoms with E-state index in [0.717, 1.165) is 11.6 Å². The number of nitrogens with one attached hydrogen (secondary N) is 2. The molecule has 1 aliphatic heterocycles. The predicted molar refractivity (Wildman–Crippen MR) is 112 cm³/mol. The molecular formula is C23H18F2N4O3. The molecule has 32 heavy (non-hydrogen) atoms. The number of aromatic amines is 1. The van der Waals surface area contributed by atoms with E-state index in [0.29, 0.717) is 29.0 Å². The molecule has 2 atom stereocenters. The van der Waals surface area contributed by atoms with Crippen molar-refractivity contribution in [2.45, 2.75) is 18.6 Å². The fourth-order valence-corrected chi connectivity index (χ4v) is 3.67. The smallest absolute Gasteiger partial charge is 0.254 e. The van der Waals surface area contributed by atoms with Gasteiger partial charge in [-0.15, -0.1) is 0 Å². The maximum Gasteiger partial charge on any atom is 0.254 e. The number of rotatable bonds is 5. The Kier molecular flexibility index (Phi) is 5.14. The van der Waals surface area contributed by atoms with E-state index in [1.165, 1.54) is 18.2 Å². The highest BCUT2D eigenvalue weighted by Crippen LogP contribution is 2.32. The van der Waals surface area contributed by atoms with Crippen LogP contribution in [0.4, 0.5) is 8.78 Å². The minimum Gasteiger partial charge on any atom is -0.486 e. The van der Waals surface area contributed by atoms with Gasteiger partial charge in [0.2, 0.25) is 0 Å². The lowest BCUT2D eigenvalue weighted by Crippen LogP contribution is -2.51. The van der Waals surface area contributed by atoms with Gasteiger partial charge in [-0.3, -0.25) is 4.79 Å². The summed E-state index contributed by atoms with van der Waals surface area (Å²) in [5, 5.41) is 13.0.